The number of methoxy groups -OCH3 is 2. The molecule has 4 aromatic rings. The van der Waals surface area contributed by atoms with Crippen LogP contribution in [0.2, 0.25) is 0 Å². The maximum Gasteiger partial charge on any atom is 0.124 e. The van der Waals surface area contributed by atoms with Gasteiger partial charge in [-0.05, 0) is 24.6 Å². The Labute approximate surface area is 199 Å². The van der Waals surface area contributed by atoms with Crippen LogP contribution in [0.15, 0.2) is 55.0 Å². The van der Waals surface area contributed by atoms with Crippen molar-refractivity contribution in [3.8, 4) is 22.8 Å². The molecule has 0 bridgehead atoms. The molecule has 33 heavy (non-hydrogen) atoms. The number of nitrogens with zero attached hydrogens (tertiary/aromatic N) is 5. The first-order valence-corrected chi connectivity index (χ1v) is 10.7. The van der Waals surface area contributed by atoms with Gasteiger partial charge < -0.3 is 20.1 Å². The number of anilines is 2. The maximum atomic E-state index is 5.94. The molecule has 0 aliphatic carbocycles. The van der Waals surface area contributed by atoms with Crippen LogP contribution in [0.1, 0.15) is 13.3 Å². The minimum absolute atomic E-state index is 0. The van der Waals surface area contributed by atoms with E-state index in [2.05, 4.69) is 21.9 Å². The molecule has 9 heteroatoms. The molecule has 4 rings (SSSR count). The van der Waals surface area contributed by atoms with Crippen LogP contribution in [0.25, 0.3) is 22.3 Å². The van der Waals surface area contributed by atoms with Crippen molar-refractivity contribution >= 4 is 34.8 Å². The lowest BCUT2D eigenvalue weighted by Crippen LogP contribution is -2.24. The van der Waals surface area contributed by atoms with Gasteiger partial charge in [0.15, 0.2) is 0 Å². The molecule has 174 valence electrons. The highest BCUT2D eigenvalue weighted by Crippen LogP contribution is 2.33. The number of hydrogen-bond acceptors (Lipinski definition) is 7. The van der Waals surface area contributed by atoms with Gasteiger partial charge in [-0.15, -0.1) is 12.4 Å². The van der Waals surface area contributed by atoms with E-state index in [0.29, 0.717) is 24.6 Å². The summed E-state index contributed by atoms with van der Waals surface area (Å²) in [7, 11) is 3.28. The molecular formula is C24H29ClN6O2. The largest absolute Gasteiger partial charge is 0.497 e. The second-order valence-corrected chi connectivity index (χ2v) is 7.43. The summed E-state index contributed by atoms with van der Waals surface area (Å²) >= 11 is 0. The Morgan fingerprint density at radius 3 is 2.39 bits per heavy atom. The smallest absolute Gasteiger partial charge is 0.124 e. The molecule has 2 N–H and O–H groups in total. The normalized spacial score (nSPS) is 10.7. The average Bonchev–Trinajstić information content (AvgIpc) is 3.30. The van der Waals surface area contributed by atoms with Crippen LogP contribution < -0.4 is 20.1 Å². The molecule has 0 amide bonds. The Bertz CT molecular complexity index is 1190. The molecule has 2 aromatic heterocycles. The molecular weight excluding hydrogens is 440 g/mol. The first-order chi connectivity index (χ1) is 15.6. The summed E-state index contributed by atoms with van der Waals surface area (Å²) in [5.41, 5.74) is 11.2. The molecule has 0 aliphatic heterocycles. The third kappa shape index (κ3) is 5.35. The first-order valence-electron chi connectivity index (χ1n) is 10.7. The van der Waals surface area contributed by atoms with E-state index < -0.39 is 0 Å². The molecule has 0 fully saturated rings. The number of rotatable bonds is 9. The number of benzene rings is 2. The van der Waals surface area contributed by atoms with Gasteiger partial charge in [-0.3, -0.25) is 9.67 Å². The summed E-state index contributed by atoms with van der Waals surface area (Å²) in [5, 5.41) is 4.41. The molecule has 2 heterocycles. The first kappa shape index (κ1) is 24.3. The SMILES string of the molecule is CCCn1cc(-c2cnc3ccc(N(CCN)c4cc(OC)cc(OC)c4)cc3n2)cn1.Cl. The Morgan fingerprint density at radius 2 is 1.73 bits per heavy atom. The quantitative estimate of drug-likeness (QED) is 0.388. The second-order valence-electron chi connectivity index (χ2n) is 7.43. The summed E-state index contributed by atoms with van der Waals surface area (Å²) in [6.45, 7) is 4.12. The molecule has 2 aromatic carbocycles. The van der Waals surface area contributed by atoms with Gasteiger partial charge in [0.2, 0.25) is 0 Å². The van der Waals surface area contributed by atoms with Crippen LogP contribution in [0.3, 0.4) is 0 Å². The predicted molar refractivity (Wildman–Crippen MR) is 134 cm³/mol. The van der Waals surface area contributed by atoms with Gasteiger partial charge in [-0.25, -0.2) is 4.98 Å². The predicted octanol–water partition coefficient (Wildman–Crippen LogP) is 4.44. The number of fused-ring (bicyclic) bond motifs is 1. The minimum Gasteiger partial charge on any atom is -0.497 e. The number of aryl methyl sites for hydroxylation is 1. The summed E-state index contributed by atoms with van der Waals surface area (Å²) < 4.78 is 12.8. The Morgan fingerprint density at radius 1 is 0.970 bits per heavy atom. The summed E-state index contributed by atoms with van der Waals surface area (Å²) in [5.74, 6) is 1.43. The van der Waals surface area contributed by atoms with Crippen LogP contribution >= 0.6 is 12.4 Å². The van der Waals surface area contributed by atoms with E-state index in [1.807, 2.05) is 53.5 Å². The van der Waals surface area contributed by atoms with Crippen molar-refractivity contribution in [3.05, 3.63) is 55.0 Å². The van der Waals surface area contributed by atoms with Crippen molar-refractivity contribution in [1.82, 2.24) is 19.7 Å². The van der Waals surface area contributed by atoms with Gasteiger partial charge in [0, 0.05) is 61.0 Å². The summed E-state index contributed by atoms with van der Waals surface area (Å²) in [6.07, 6.45) is 6.66. The zero-order valence-electron chi connectivity index (χ0n) is 19.1. The zero-order valence-corrected chi connectivity index (χ0v) is 19.9. The molecule has 0 unspecified atom stereocenters. The number of ether oxygens (including phenoxy) is 2. The topological polar surface area (TPSA) is 91.3 Å². The van der Waals surface area contributed by atoms with Gasteiger partial charge in [-0.2, -0.15) is 5.10 Å². The van der Waals surface area contributed by atoms with E-state index in [9.17, 15) is 0 Å². The Balaban J connectivity index is 0.00000306. The third-order valence-corrected chi connectivity index (χ3v) is 5.22. The molecule has 0 spiro atoms. The third-order valence-electron chi connectivity index (χ3n) is 5.22. The van der Waals surface area contributed by atoms with Crippen LogP contribution in [-0.4, -0.2) is 47.1 Å². The van der Waals surface area contributed by atoms with E-state index in [-0.39, 0.29) is 12.4 Å². The standard InChI is InChI=1S/C24H28N6O2.ClH/c1-4-8-29-16-17(14-27-29)24-15-26-22-6-5-18(12-23(22)28-24)30(9-7-25)19-10-20(31-2)13-21(11-19)32-3;/h5-6,10-16H,4,7-9,25H2,1-3H3;1H. The van der Waals surface area contributed by atoms with E-state index in [1.165, 1.54) is 0 Å². The van der Waals surface area contributed by atoms with Crippen molar-refractivity contribution in [2.75, 3.05) is 32.2 Å². The van der Waals surface area contributed by atoms with E-state index in [1.54, 1.807) is 20.4 Å². The fourth-order valence-electron chi connectivity index (χ4n) is 3.64. The van der Waals surface area contributed by atoms with Gasteiger partial charge in [0.25, 0.3) is 0 Å². The molecule has 8 nitrogen and oxygen atoms in total. The van der Waals surface area contributed by atoms with Crippen LogP contribution in [0.5, 0.6) is 11.5 Å². The average molecular weight is 469 g/mol. The van der Waals surface area contributed by atoms with Crippen molar-refractivity contribution in [3.63, 3.8) is 0 Å². The lowest BCUT2D eigenvalue weighted by atomic mass is 10.2. The number of nitrogens with two attached hydrogens (primary N) is 1. The van der Waals surface area contributed by atoms with Crippen molar-refractivity contribution in [2.24, 2.45) is 5.73 Å². The molecule has 0 saturated heterocycles. The lowest BCUT2D eigenvalue weighted by Gasteiger charge is -2.25. The van der Waals surface area contributed by atoms with Gasteiger partial charge in [0.1, 0.15) is 11.5 Å². The number of aromatic nitrogens is 4. The van der Waals surface area contributed by atoms with Crippen molar-refractivity contribution in [2.45, 2.75) is 19.9 Å². The second kappa shape index (κ2) is 11.0. The van der Waals surface area contributed by atoms with E-state index >= 15 is 0 Å². The van der Waals surface area contributed by atoms with Gasteiger partial charge in [0.05, 0.1) is 43.3 Å². The lowest BCUT2D eigenvalue weighted by molar-refractivity contribution is 0.394. The van der Waals surface area contributed by atoms with E-state index in [0.717, 1.165) is 46.6 Å². The van der Waals surface area contributed by atoms with Crippen molar-refractivity contribution < 1.29 is 9.47 Å². The number of halogens is 1. The van der Waals surface area contributed by atoms with Crippen LogP contribution in [-0.2, 0) is 6.54 Å². The molecule has 0 aliphatic rings. The monoisotopic (exact) mass is 468 g/mol. The van der Waals surface area contributed by atoms with Gasteiger partial charge in [-0.1, -0.05) is 6.92 Å². The van der Waals surface area contributed by atoms with Crippen LogP contribution in [0.4, 0.5) is 11.4 Å². The highest BCUT2D eigenvalue weighted by molar-refractivity contribution is 5.85. The fraction of sp³-hybridized carbons (Fsp3) is 0.292. The summed E-state index contributed by atoms with van der Waals surface area (Å²) in [6, 6.07) is 11.8. The van der Waals surface area contributed by atoms with Crippen LogP contribution in [0, 0.1) is 0 Å². The molecule has 0 radical (unpaired) electrons. The fourth-order valence-corrected chi connectivity index (χ4v) is 3.64. The molecule has 0 saturated carbocycles. The highest BCUT2D eigenvalue weighted by Gasteiger charge is 2.14. The molecule has 0 atom stereocenters. The van der Waals surface area contributed by atoms with Crippen molar-refractivity contribution in [1.29, 1.82) is 0 Å². The zero-order chi connectivity index (χ0) is 22.5. The minimum atomic E-state index is 0. The van der Waals surface area contributed by atoms with E-state index in [4.69, 9.17) is 20.2 Å². The van der Waals surface area contributed by atoms with Gasteiger partial charge >= 0.3 is 0 Å². The Hall–Kier alpha value is -3.36. The highest BCUT2D eigenvalue weighted by atomic mass is 35.5. The Kier molecular flexibility index (Phi) is 8.08. The summed E-state index contributed by atoms with van der Waals surface area (Å²) in [4.78, 5) is 11.6. The maximum absolute atomic E-state index is 5.94. The number of hydrogen-bond donors (Lipinski definition) is 1.